The van der Waals surface area contributed by atoms with Crippen molar-refractivity contribution in [2.24, 2.45) is 11.8 Å². The van der Waals surface area contributed by atoms with E-state index in [4.69, 9.17) is 4.74 Å². The highest BCUT2D eigenvalue weighted by atomic mass is 16.5. The third-order valence-corrected chi connectivity index (χ3v) is 6.88. The first-order chi connectivity index (χ1) is 16.2. The van der Waals surface area contributed by atoms with Crippen LogP contribution in [0.25, 0.3) is 11.1 Å². The van der Waals surface area contributed by atoms with E-state index in [0.29, 0.717) is 6.42 Å². The monoisotopic (exact) mass is 464 g/mol. The van der Waals surface area contributed by atoms with E-state index in [-0.39, 0.29) is 24.4 Å². The number of carbonyl (C=O) groups is 3. The van der Waals surface area contributed by atoms with Gasteiger partial charge >= 0.3 is 12.1 Å². The second kappa shape index (κ2) is 9.49. The van der Waals surface area contributed by atoms with Gasteiger partial charge in [0.1, 0.15) is 18.2 Å². The minimum Gasteiger partial charge on any atom is -0.480 e. The number of rotatable bonds is 9. The van der Waals surface area contributed by atoms with Crippen LogP contribution in [0, 0.1) is 11.8 Å². The lowest BCUT2D eigenvalue weighted by atomic mass is 9.94. The summed E-state index contributed by atoms with van der Waals surface area (Å²) in [5.41, 5.74) is 3.15. The van der Waals surface area contributed by atoms with Crippen LogP contribution in [0.15, 0.2) is 48.5 Å². The van der Waals surface area contributed by atoms with Gasteiger partial charge in [-0.05, 0) is 60.3 Å². The Hall–Kier alpha value is -3.35. The maximum Gasteiger partial charge on any atom is 0.407 e. The first-order valence-corrected chi connectivity index (χ1v) is 11.9. The molecule has 2 aliphatic rings. The number of hydrogen-bond donors (Lipinski definition) is 3. The van der Waals surface area contributed by atoms with Crippen LogP contribution in [0.3, 0.4) is 0 Å². The standard InChI is InChI=1S/C27H32N2O5/c1-16(2)14-23(24(30)29-27(3,25(31)32)17-12-13-17)28-26(33)34-15-22-20-10-6-4-8-18(20)19-9-5-7-11-21(19)22/h4-11,16-17,22-23H,12-15H2,1-3H3,(H,28,33)(H,29,30)(H,31,32). The van der Waals surface area contributed by atoms with Crippen molar-refractivity contribution in [3.8, 4) is 11.1 Å². The molecule has 180 valence electrons. The average Bonchev–Trinajstić information content (AvgIpc) is 3.60. The van der Waals surface area contributed by atoms with Crippen LogP contribution in [0.5, 0.6) is 0 Å². The maximum atomic E-state index is 13.0. The second-order valence-electron chi connectivity index (χ2n) is 9.92. The Labute approximate surface area is 199 Å². The molecule has 4 rings (SSSR count). The van der Waals surface area contributed by atoms with Crippen LogP contribution >= 0.6 is 0 Å². The van der Waals surface area contributed by atoms with Crippen LogP contribution < -0.4 is 10.6 Å². The van der Waals surface area contributed by atoms with Crippen molar-refractivity contribution in [2.75, 3.05) is 6.61 Å². The minimum atomic E-state index is -1.34. The van der Waals surface area contributed by atoms with Crippen molar-refractivity contribution in [3.63, 3.8) is 0 Å². The Kier molecular flexibility index (Phi) is 6.64. The summed E-state index contributed by atoms with van der Waals surface area (Å²) in [5, 5.41) is 15.0. The Balaban J connectivity index is 1.43. The number of amides is 2. The lowest BCUT2D eigenvalue weighted by Crippen LogP contribution is -2.59. The molecule has 7 heteroatoms. The van der Waals surface area contributed by atoms with Crippen molar-refractivity contribution in [3.05, 3.63) is 59.7 Å². The highest BCUT2D eigenvalue weighted by Gasteiger charge is 2.49. The molecule has 0 heterocycles. The van der Waals surface area contributed by atoms with Crippen LogP contribution in [0.4, 0.5) is 4.79 Å². The molecule has 34 heavy (non-hydrogen) atoms. The molecule has 0 saturated heterocycles. The highest BCUT2D eigenvalue weighted by Crippen LogP contribution is 2.44. The van der Waals surface area contributed by atoms with E-state index in [2.05, 4.69) is 22.8 Å². The number of nitrogens with one attached hydrogen (secondary N) is 2. The fraction of sp³-hybridized carbons (Fsp3) is 0.444. The second-order valence-corrected chi connectivity index (χ2v) is 9.92. The third-order valence-electron chi connectivity index (χ3n) is 6.88. The van der Waals surface area contributed by atoms with Gasteiger partial charge in [0, 0.05) is 5.92 Å². The zero-order valence-corrected chi connectivity index (χ0v) is 19.8. The molecule has 7 nitrogen and oxygen atoms in total. The number of fused-ring (bicyclic) bond motifs is 3. The zero-order chi connectivity index (χ0) is 24.5. The van der Waals surface area contributed by atoms with Gasteiger partial charge in [-0.1, -0.05) is 62.4 Å². The van der Waals surface area contributed by atoms with Gasteiger partial charge in [-0.2, -0.15) is 0 Å². The largest absolute Gasteiger partial charge is 0.480 e. The van der Waals surface area contributed by atoms with E-state index in [1.807, 2.05) is 50.2 Å². The summed E-state index contributed by atoms with van der Waals surface area (Å²) in [6.45, 7) is 5.56. The van der Waals surface area contributed by atoms with E-state index in [1.165, 1.54) is 6.92 Å². The lowest BCUT2D eigenvalue weighted by Gasteiger charge is -2.29. The summed E-state index contributed by atoms with van der Waals surface area (Å²) in [4.78, 5) is 37.6. The Morgan fingerprint density at radius 3 is 2.09 bits per heavy atom. The van der Waals surface area contributed by atoms with Crippen LogP contribution in [0.1, 0.15) is 57.1 Å². The van der Waals surface area contributed by atoms with E-state index >= 15 is 0 Å². The molecule has 0 aromatic heterocycles. The summed E-state index contributed by atoms with van der Waals surface area (Å²) < 4.78 is 5.59. The molecule has 2 unspecified atom stereocenters. The molecule has 2 atom stereocenters. The molecule has 3 N–H and O–H groups in total. The van der Waals surface area contributed by atoms with Crippen molar-refractivity contribution < 1.29 is 24.2 Å². The number of carboxylic acid groups (broad SMARTS) is 1. The molecule has 2 aromatic rings. The van der Waals surface area contributed by atoms with E-state index in [9.17, 15) is 19.5 Å². The number of alkyl carbamates (subject to hydrolysis) is 1. The van der Waals surface area contributed by atoms with Crippen molar-refractivity contribution in [1.29, 1.82) is 0 Å². The molecule has 0 spiro atoms. The summed E-state index contributed by atoms with van der Waals surface area (Å²) in [6, 6.07) is 15.3. The van der Waals surface area contributed by atoms with Gasteiger partial charge in [-0.15, -0.1) is 0 Å². The maximum absolute atomic E-state index is 13.0. The fourth-order valence-corrected chi connectivity index (χ4v) is 4.82. The first kappa shape index (κ1) is 23.8. The molecule has 2 aromatic carbocycles. The molecule has 0 bridgehead atoms. The van der Waals surface area contributed by atoms with Crippen molar-refractivity contribution in [1.82, 2.24) is 10.6 Å². The minimum absolute atomic E-state index is 0.0827. The number of hydrogen-bond acceptors (Lipinski definition) is 4. The molecule has 1 fully saturated rings. The summed E-state index contributed by atoms with van der Waals surface area (Å²) in [7, 11) is 0. The summed E-state index contributed by atoms with van der Waals surface area (Å²) in [6.07, 6.45) is 1.21. The molecule has 0 aliphatic heterocycles. The molecule has 1 saturated carbocycles. The normalized spacial score (nSPS) is 17.3. The molecular weight excluding hydrogens is 432 g/mol. The number of ether oxygens (including phenoxy) is 1. The Morgan fingerprint density at radius 1 is 1.03 bits per heavy atom. The first-order valence-electron chi connectivity index (χ1n) is 11.9. The zero-order valence-electron chi connectivity index (χ0n) is 19.8. The predicted molar refractivity (Wildman–Crippen MR) is 128 cm³/mol. The Morgan fingerprint density at radius 2 is 1.59 bits per heavy atom. The summed E-state index contributed by atoms with van der Waals surface area (Å²) in [5.74, 6) is -1.63. The van der Waals surface area contributed by atoms with Gasteiger partial charge in [0.25, 0.3) is 0 Å². The van der Waals surface area contributed by atoms with E-state index in [0.717, 1.165) is 35.1 Å². The van der Waals surface area contributed by atoms with Gasteiger partial charge in [-0.3, -0.25) is 4.79 Å². The van der Waals surface area contributed by atoms with Gasteiger partial charge < -0.3 is 20.5 Å². The number of benzene rings is 2. The van der Waals surface area contributed by atoms with Crippen LogP contribution in [-0.2, 0) is 14.3 Å². The SMILES string of the molecule is CC(C)CC(NC(=O)OCC1c2ccccc2-c2ccccc21)C(=O)NC(C)(C(=O)O)C1CC1. The van der Waals surface area contributed by atoms with E-state index in [1.54, 1.807) is 0 Å². The van der Waals surface area contributed by atoms with Gasteiger partial charge in [0.2, 0.25) is 5.91 Å². The fourth-order valence-electron chi connectivity index (χ4n) is 4.82. The Bertz CT molecular complexity index is 1050. The lowest BCUT2D eigenvalue weighted by molar-refractivity contribution is -0.148. The van der Waals surface area contributed by atoms with Gasteiger partial charge in [0.15, 0.2) is 0 Å². The molecule has 2 amide bonds. The van der Waals surface area contributed by atoms with Gasteiger partial charge in [-0.25, -0.2) is 9.59 Å². The predicted octanol–water partition coefficient (Wildman–Crippen LogP) is 4.31. The van der Waals surface area contributed by atoms with Crippen LogP contribution in [0.2, 0.25) is 0 Å². The number of aliphatic carboxylic acids is 1. The summed E-state index contributed by atoms with van der Waals surface area (Å²) >= 11 is 0. The molecule has 0 radical (unpaired) electrons. The topological polar surface area (TPSA) is 105 Å². The molecular formula is C27H32N2O5. The van der Waals surface area contributed by atoms with Gasteiger partial charge in [0.05, 0.1) is 0 Å². The van der Waals surface area contributed by atoms with E-state index < -0.39 is 29.6 Å². The van der Waals surface area contributed by atoms with Crippen molar-refractivity contribution >= 4 is 18.0 Å². The number of carboxylic acids is 1. The number of carbonyl (C=O) groups excluding carboxylic acids is 2. The average molecular weight is 465 g/mol. The van der Waals surface area contributed by atoms with Crippen molar-refractivity contribution in [2.45, 2.75) is 57.5 Å². The quantitative estimate of drug-likeness (QED) is 0.513. The highest BCUT2D eigenvalue weighted by molar-refractivity contribution is 5.91. The van der Waals surface area contributed by atoms with Crippen LogP contribution in [-0.4, -0.2) is 41.3 Å². The molecule has 2 aliphatic carbocycles. The third kappa shape index (κ3) is 4.79. The smallest absolute Gasteiger partial charge is 0.407 e.